The first-order valence-electron chi connectivity index (χ1n) is 3.98. The molecule has 0 saturated heterocycles. The van der Waals surface area contributed by atoms with Crippen LogP contribution in [0, 0.1) is 12.0 Å². The van der Waals surface area contributed by atoms with E-state index in [1.807, 2.05) is 13.8 Å². The highest BCUT2D eigenvalue weighted by molar-refractivity contribution is 5.70. The van der Waals surface area contributed by atoms with Crippen LogP contribution in [-0.4, -0.2) is 5.97 Å². The Morgan fingerprint density at radius 3 is 2.64 bits per heavy atom. The Hall–Kier alpha value is -0.970. The first-order chi connectivity index (χ1) is 5.31. The van der Waals surface area contributed by atoms with Crippen molar-refractivity contribution in [2.75, 3.05) is 0 Å². The van der Waals surface area contributed by atoms with Gasteiger partial charge in [0.05, 0.1) is 0 Å². The van der Waals surface area contributed by atoms with Gasteiger partial charge in [0, 0.05) is 12.8 Å². The largest absolute Gasteiger partial charge is 0.372 e. The summed E-state index contributed by atoms with van der Waals surface area (Å²) in [5.74, 6) is 2.51. The van der Waals surface area contributed by atoms with Gasteiger partial charge < -0.3 is 4.74 Å². The molecule has 0 unspecified atom stereocenters. The number of carbonyl (C=O) groups is 1. The van der Waals surface area contributed by atoms with Gasteiger partial charge in [0.25, 0.3) is 0 Å². The molecule has 0 aromatic carbocycles. The molecule has 0 atom stereocenters. The van der Waals surface area contributed by atoms with Crippen molar-refractivity contribution in [2.24, 2.45) is 0 Å². The van der Waals surface area contributed by atoms with E-state index in [4.69, 9.17) is 0 Å². The van der Waals surface area contributed by atoms with Crippen molar-refractivity contribution in [1.82, 2.24) is 0 Å². The Balaban J connectivity index is 3.38. The first-order valence-corrected chi connectivity index (χ1v) is 3.98. The van der Waals surface area contributed by atoms with E-state index in [0.717, 1.165) is 19.3 Å². The number of unbranched alkanes of at least 4 members (excludes halogenated alkanes) is 1. The average Bonchev–Trinajstić information content (AvgIpc) is 1.99. The molecule has 0 spiro atoms. The van der Waals surface area contributed by atoms with E-state index in [1.54, 1.807) is 0 Å². The third-order valence-corrected chi connectivity index (χ3v) is 1.07. The number of carbonyl (C=O) groups excluding carboxylic acids is 1. The lowest BCUT2D eigenvalue weighted by molar-refractivity contribution is -0.136. The van der Waals surface area contributed by atoms with Crippen molar-refractivity contribution in [3.63, 3.8) is 0 Å². The molecule has 0 heterocycles. The molecule has 0 saturated carbocycles. The fraction of sp³-hybridized carbons (Fsp3) is 0.667. The number of esters is 1. The summed E-state index contributed by atoms with van der Waals surface area (Å²) in [4.78, 5) is 10.7. The van der Waals surface area contributed by atoms with E-state index >= 15 is 0 Å². The summed E-state index contributed by atoms with van der Waals surface area (Å²) in [7, 11) is 0. The lowest BCUT2D eigenvalue weighted by atomic mass is 10.3. The molecule has 0 fully saturated rings. The molecule has 11 heavy (non-hydrogen) atoms. The zero-order valence-electron chi connectivity index (χ0n) is 7.14. The number of hydrogen-bond donors (Lipinski definition) is 0. The lowest BCUT2D eigenvalue weighted by Crippen LogP contribution is -1.97. The molecule has 0 aliphatic carbocycles. The molecule has 0 aromatic heterocycles. The van der Waals surface area contributed by atoms with Gasteiger partial charge in [0.15, 0.2) is 0 Å². The molecule has 0 aromatic rings. The first kappa shape index (κ1) is 10.0. The van der Waals surface area contributed by atoms with Gasteiger partial charge in [-0.2, -0.15) is 0 Å². The predicted octanol–water partition coefficient (Wildman–Crippen LogP) is 2.09. The van der Waals surface area contributed by atoms with Crippen LogP contribution in [0.15, 0.2) is 0 Å². The van der Waals surface area contributed by atoms with Gasteiger partial charge in [-0.1, -0.05) is 19.8 Å². The number of hydrogen-bond acceptors (Lipinski definition) is 2. The van der Waals surface area contributed by atoms with Crippen LogP contribution >= 0.6 is 0 Å². The van der Waals surface area contributed by atoms with E-state index < -0.39 is 0 Å². The van der Waals surface area contributed by atoms with Crippen LogP contribution < -0.4 is 0 Å². The van der Waals surface area contributed by atoms with E-state index in [-0.39, 0.29) is 5.97 Å². The van der Waals surface area contributed by atoms with Crippen molar-refractivity contribution in [3.05, 3.63) is 0 Å². The Morgan fingerprint density at radius 1 is 1.36 bits per heavy atom. The highest BCUT2D eigenvalue weighted by Crippen LogP contribution is 1.89. The van der Waals surface area contributed by atoms with Crippen LogP contribution in [0.3, 0.4) is 0 Å². The zero-order chi connectivity index (χ0) is 8.53. The van der Waals surface area contributed by atoms with Crippen LogP contribution in [-0.2, 0) is 9.53 Å². The highest BCUT2D eigenvalue weighted by Gasteiger charge is 1.95. The summed E-state index contributed by atoms with van der Waals surface area (Å²) >= 11 is 0. The summed E-state index contributed by atoms with van der Waals surface area (Å²) in [6.07, 6.45) is 5.43. The topological polar surface area (TPSA) is 26.3 Å². The molecule has 0 aliphatic heterocycles. The highest BCUT2D eigenvalue weighted by atomic mass is 16.5. The Kier molecular flexibility index (Phi) is 6.51. The molecular formula is C9H14O2. The van der Waals surface area contributed by atoms with Crippen molar-refractivity contribution in [2.45, 2.75) is 39.5 Å². The van der Waals surface area contributed by atoms with E-state index in [9.17, 15) is 4.79 Å². The van der Waals surface area contributed by atoms with E-state index in [0.29, 0.717) is 6.42 Å². The summed E-state index contributed by atoms with van der Waals surface area (Å²) < 4.78 is 4.58. The molecule has 0 bridgehead atoms. The van der Waals surface area contributed by atoms with E-state index in [1.165, 1.54) is 0 Å². The number of rotatable bonds is 3. The Labute approximate surface area is 67.9 Å². The second kappa shape index (κ2) is 7.14. The van der Waals surface area contributed by atoms with Crippen molar-refractivity contribution < 1.29 is 9.53 Å². The Morgan fingerprint density at radius 2 is 2.09 bits per heavy atom. The molecule has 62 valence electrons. The van der Waals surface area contributed by atoms with Crippen molar-refractivity contribution in [1.29, 1.82) is 0 Å². The standard InChI is InChI=1S/C9H14O2/c1-3-5-6-8-11-9(10)7-4-2/h3-5,7H2,1-2H3. The maximum atomic E-state index is 10.7. The maximum Gasteiger partial charge on any atom is 0.319 e. The minimum atomic E-state index is -0.226. The SMILES string of the molecule is CCCC#COC(=O)CCC. The van der Waals surface area contributed by atoms with Crippen LogP contribution in [0.2, 0.25) is 0 Å². The van der Waals surface area contributed by atoms with Gasteiger partial charge >= 0.3 is 5.97 Å². The van der Waals surface area contributed by atoms with Gasteiger partial charge in [0.2, 0.25) is 0 Å². The van der Waals surface area contributed by atoms with Gasteiger partial charge in [0.1, 0.15) is 6.11 Å². The van der Waals surface area contributed by atoms with E-state index in [2.05, 4.69) is 16.8 Å². The monoisotopic (exact) mass is 154 g/mol. The normalized spacial score (nSPS) is 8.18. The summed E-state index contributed by atoms with van der Waals surface area (Å²) in [6.45, 7) is 3.96. The van der Waals surface area contributed by atoms with Gasteiger partial charge in [-0.05, 0) is 12.8 Å². The van der Waals surface area contributed by atoms with Gasteiger partial charge in [-0.3, -0.25) is 4.79 Å². The minimum absolute atomic E-state index is 0.226. The fourth-order valence-electron chi connectivity index (χ4n) is 0.524. The quantitative estimate of drug-likeness (QED) is 0.459. The maximum absolute atomic E-state index is 10.7. The van der Waals surface area contributed by atoms with Crippen LogP contribution in [0.25, 0.3) is 0 Å². The van der Waals surface area contributed by atoms with Crippen LogP contribution in [0.5, 0.6) is 0 Å². The zero-order valence-corrected chi connectivity index (χ0v) is 7.14. The third kappa shape index (κ3) is 6.92. The smallest absolute Gasteiger partial charge is 0.319 e. The van der Waals surface area contributed by atoms with Crippen LogP contribution in [0.4, 0.5) is 0 Å². The summed E-state index contributed by atoms with van der Waals surface area (Å²) in [5.41, 5.74) is 0. The lowest BCUT2D eigenvalue weighted by Gasteiger charge is -1.90. The molecule has 2 nitrogen and oxygen atoms in total. The average molecular weight is 154 g/mol. The molecule has 0 amide bonds. The molecule has 2 heteroatoms. The Bertz CT molecular complexity index is 162. The molecular weight excluding hydrogens is 140 g/mol. The predicted molar refractivity (Wildman–Crippen MR) is 43.7 cm³/mol. The van der Waals surface area contributed by atoms with Crippen LogP contribution in [0.1, 0.15) is 39.5 Å². The minimum Gasteiger partial charge on any atom is -0.372 e. The van der Waals surface area contributed by atoms with Crippen molar-refractivity contribution in [3.8, 4) is 12.0 Å². The summed E-state index contributed by atoms with van der Waals surface area (Å²) in [5, 5.41) is 0. The molecule has 0 aliphatic rings. The second-order valence-corrected chi connectivity index (χ2v) is 2.25. The van der Waals surface area contributed by atoms with Crippen molar-refractivity contribution >= 4 is 5.97 Å². The third-order valence-electron chi connectivity index (χ3n) is 1.07. The molecule has 0 radical (unpaired) electrons. The molecule has 0 N–H and O–H groups in total. The fourth-order valence-corrected chi connectivity index (χ4v) is 0.524. The number of ether oxygens (including phenoxy) is 1. The van der Waals surface area contributed by atoms with Gasteiger partial charge in [-0.25, -0.2) is 0 Å². The molecule has 0 rings (SSSR count). The van der Waals surface area contributed by atoms with Gasteiger partial charge in [-0.15, -0.1) is 0 Å². The second-order valence-electron chi connectivity index (χ2n) is 2.25. The summed E-state index contributed by atoms with van der Waals surface area (Å²) in [6, 6.07) is 0.